The van der Waals surface area contributed by atoms with Gasteiger partial charge in [-0.25, -0.2) is 0 Å². The Hall–Kier alpha value is -1.89. The van der Waals surface area contributed by atoms with Crippen LogP contribution in [0.1, 0.15) is 33.5 Å². The molecule has 2 heterocycles. The van der Waals surface area contributed by atoms with Gasteiger partial charge in [0.05, 0.1) is 6.42 Å². The van der Waals surface area contributed by atoms with Crippen molar-refractivity contribution in [2.45, 2.75) is 32.1 Å². The largest absolute Gasteiger partial charge is 0.464 e. The van der Waals surface area contributed by atoms with Crippen LogP contribution < -0.4 is 5.32 Å². The van der Waals surface area contributed by atoms with E-state index in [2.05, 4.69) is 10.2 Å². The van der Waals surface area contributed by atoms with E-state index in [1.165, 1.54) is 25.0 Å². The van der Waals surface area contributed by atoms with Crippen LogP contribution in [-0.2, 0) is 19.1 Å². The first-order valence-corrected chi connectivity index (χ1v) is 8.75. The highest BCUT2D eigenvalue weighted by Gasteiger charge is 2.19. The van der Waals surface area contributed by atoms with Crippen LogP contribution in [0.4, 0.5) is 0 Å². The van der Waals surface area contributed by atoms with Crippen molar-refractivity contribution in [3.8, 4) is 0 Å². The van der Waals surface area contributed by atoms with E-state index in [-0.39, 0.29) is 25.6 Å². The summed E-state index contributed by atoms with van der Waals surface area (Å²) in [4.78, 5) is 38.6. The number of hydrogen-bond donors (Lipinski definition) is 1. The SMILES string of the molecule is O=C(/C=C\CC(=O)OCCN1CCCC1)NCCN1CCCC1=O.[HH]. The molecule has 2 aliphatic rings. The number of amides is 2. The third-order valence-corrected chi connectivity index (χ3v) is 4.28. The summed E-state index contributed by atoms with van der Waals surface area (Å²) in [6, 6.07) is 0. The fourth-order valence-corrected chi connectivity index (χ4v) is 2.93. The normalized spacial score (nSPS) is 18.5. The van der Waals surface area contributed by atoms with E-state index < -0.39 is 0 Å². The number of hydrogen-bond acceptors (Lipinski definition) is 5. The molecule has 7 nitrogen and oxygen atoms in total. The Bertz CT molecular complexity index is 479. The maximum absolute atomic E-state index is 11.6. The highest BCUT2D eigenvalue weighted by atomic mass is 16.5. The monoisotopic (exact) mass is 339 g/mol. The lowest BCUT2D eigenvalue weighted by Crippen LogP contribution is -2.34. The predicted octanol–water partition coefficient (Wildman–Crippen LogP) is 0.556. The van der Waals surface area contributed by atoms with Crippen molar-refractivity contribution >= 4 is 17.8 Å². The minimum absolute atomic E-state index is 0. The Labute approximate surface area is 144 Å². The molecule has 136 valence electrons. The molecule has 2 aliphatic heterocycles. The fourth-order valence-electron chi connectivity index (χ4n) is 2.93. The lowest BCUT2D eigenvalue weighted by Gasteiger charge is -2.15. The zero-order chi connectivity index (χ0) is 17.2. The molecule has 0 spiro atoms. The maximum atomic E-state index is 11.6. The second-order valence-corrected chi connectivity index (χ2v) is 6.15. The van der Waals surface area contributed by atoms with E-state index in [1.807, 2.05) is 0 Å². The summed E-state index contributed by atoms with van der Waals surface area (Å²) in [6.45, 7) is 5.09. The van der Waals surface area contributed by atoms with E-state index in [1.54, 1.807) is 4.90 Å². The molecule has 2 rings (SSSR count). The molecule has 0 aromatic carbocycles. The molecule has 0 radical (unpaired) electrons. The number of nitrogens with one attached hydrogen (secondary N) is 1. The van der Waals surface area contributed by atoms with Crippen molar-refractivity contribution in [1.29, 1.82) is 0 Å². The third kappa shape index (κ3) is 6.70. The second-order valence-electron chi connectivity index (χ2n) is 6.15. The summed E-state index contributed by atoms with van der Waals surface area (Å²) in [6.07, 6.45) is 6.88. The van der Waals surface area contributed by atoms with Gasteiger partial charge < -0.3 is 15.0 Å². The molecule has 0 saturated carbocycles. The highest BCUT2D eigenvalue weighted by Crippen LogP contribution is 2.08. The molecule has 0 atom stereocenters. The van der Waals surface area contributed by atoms with Crippen LogP contribution in [0.15, 0.2) is 12.2 Å². The first-order valence-electron chi connectivity index (χ1n) is 8.75. The molecule has 0 unspecified atom stereocenters. The Morgan fingerprint density at radius 1 is 1.17 bits per heavy atom. The first kappa shape index (κ1) is 18.4. The van der Waals surface area contributed by atoms with Gasteiger partial charge in [0.2, 0.25) is 11.8 Å². The topological polar surface area (TPSA) is 79.0 Å². The molecule has 24 heavy (non-hydrogen) atoms. The summed E-state index contributed by atoms with van der Waals surface area (Å²) in [7, 11) is 0. The van der Waals surface area contributed by atoms with Gasteiger partial charge in [-0.3, -0.25) is 19.3 Å². The van der Waals surface area contributed by atoms with Crippen molar-refractivity contribution in [3.63, 3.8) is 0 Å². The van der Waals surface area contributed by atoms with Crippen molar-refractivity contribution in [2.24, 2.45) is 0 Å². The number of carbonyl (C=O) groups is 3. The number of rotatable bonds is 9. The average molecular weight is 339 g/mol. The third-order valence-electron chi connectivity index (χ3n) is 4.28. The lowest BCUT2D eigenvalue weighted by molar-refractivity contribution is -0.143. The molecule has 0 aliphatic carbocycles. The molecule has 2 amide bonds. The number of nitrogens with zero attached hydrogens (tertiary/aromatic N) is 2. The predicted molar refractivity (Wildman–Crippen MR) is 91.3 cm³/mol. The molecule has 1 N–H and O–H groups in total. The first-order chi connectivity index (χ1) is 11.6. The molecular formula is C17H29N3O4. The van der Waals surface area contributed by atoms with E-state index in [9.17, 15) is 14.4 Å². The van der Waals surface area contributed by atoms with Gasteiger partial charge in [-0.15, -0.1) is 0 Å². The van der Waals surface area contributed by atoms with E-state index in [4.69, 9.17) is 4.74 Å². The minimum Gasteiger partial charge on any atom is -0.464 e. The summed E-state index contributed by atoms with van der Waals surface area (Å²) in [5, 5.41) is 2.71. The van der Waals surface area contributed by atoms with Gasteiger partial charge >= 0.3 is 5.97 Å². The summed E-state index contributed by atoms with van der Waals surface area (Å²) in [5.74, 6) is -0.427. The Morgan fingerprint density at radius 3 is 2.67 bits per heavy atom. The summed E-state index contributed by atoms with van der Waals surface area (Å²) >= 11 is 0. The molecule has 0 aromatic rings. The van der Waals surface area contributed by atoms with E-state index in [0.29, 0.717) is 26.1 Å². The van der Waals surface area contributed by atoms with Gasteiger partial charge in [-0.2, -0.15) is 0 Å². The van der Waals surface area contributed by atoms with Crippen LogP contribution in [0.2, 0.25) is 0 Å². The Kier molecular flexibility index (Phi) is 7.74. The molecule has 2 fully saturated rings. The van der Waals surface area contributed by atoms with Gasteiger partial charge in [-0.05, 0) is 38.4 Å². The highest BCUT2D eigenvalue weighted by molar-refractivity contribution is 5.88. The molecule has 2 saturated heterocycles. The molecule has 0 bridgehead atoms. The van der Waals surface area contributed by atoms with Gasteiger partial charge in [0.1, 0.15) is 6.61 Å². The van der Waals surface area contributed by atoms with Crippen LogP contribution in [0.3, 0.4) is 0 Å². The van der Waals surface area contributed by atoms with E-state index in [0.717, 1.165) is 32.6 Å². The maximum Gasteiger partial charge on any atom is 0.309 e. The molecular weight excluding hydrogens is 310 g/mol. The summed E-state index contributed by atoms with van der Waals surface area (Å²) < 4.78 is 5.14. The molecule has 0 aromatic heterocycles. The second kappa shape index (κ2) is 10.1. The van der Waals surface area contributed by atoms with Crippen LogP contribution in [0.5, 0.6) is 0 Å². The number of ether oxygens (including phenoxy) is 1. The zero-order valence-corrected chi connectivity index (χ0v) is 14.2. The summed E-state index contributed by atoms with van der Waals surface area (Å²) in [5.41, 5.74) is 0. The van der Waals surface area contributed by atoms with Crippen LogP contribution in [0.25, 0.3) is 0 Å². The Morgan fingerprint density at radius 2 is 1.96 bits per heavy atom. The van der Waals surface area contributed by atoms with E-state index >= 15 is 0 Å². The van der Waals surface area contributed by atoms with Crippen molar-refractivity contribution in [3.05, 3.63) is 12.2 Å². The number of carbonyl (C=O) groups excluding carboxylic acids is 3. The van der Waals surface area contributed by atoms with Gasteiger partial charge in [0.25, 0.3) is 0 Å². The van der Waals surface area contributed by atoms with Crippen LogP contribution in [-0.4, -0.2) is 73.5 Å². The quantitative estimate of drug-likeness (QED) is 0.490. The average Bonchev–Trinajstić information content (AvgIpc) is 3.20. The smallest absolute Gasteiger partial charge is 0.309 e. The zero-order valence-electron chi connectivity index (χ0n) is 14.2. The van der Waals surface area contributed by atoms with Crippen LogP contribution >= 0.6 is 0 Å². The molecule has 7 heteroatoms. The fraction of sp³-hybridized carbons (Fsp3) is 0.706. The standard InChI is InChI=1S/C17H27N3O4.H2/c21-15(18-8-12-20-11-4-6-16(20)22)5-3-7-17(23)24-14-13-19-9-1-2-10-19;/h3,5H,1-2,4,6-14H2,(H,18,21);1H/b5-3-;. The lowest BCUT2D eigenvalue weighted by atomic mass is 10.3. The van der Waals surface area contributed by atoms with Crippen molar-refractivity contribution < 1.29 is 20.5 Å². The number of esters is 1. The number of likely N-dealkylation sites (tertiary alicyclic amines) is 2. The van der Waals surface area contributed by atoms with Crippen LogP contribution in [0, 0.1) is 0 Å². The van der Waals surface area contributed by atoms with Gasteiger partial charge in [0.15, 0.2) is 0 Å². The van der Waals surface area contributed by atoms with Crippen molar-refractivity contribution in [1.82, 2.24) is 15.1 Å². The Balaban J connectivity index is 0.00000312. The van der Waals surface area contributed by atoms with Gasteiger partial charge in [-0.1, -0.05) is 6.08 Å². The van der Waals surface area contributed by atoms with Gasteiger partial charge in [0, 0.05) is 34.0 Å². The van der Waals surface area contributed by atoms with Crippen molar-refractivity contribution in [2.75, 3.05) is 45.9 Å². The minimum atomic E-state index is -0.319.